The number of aromatic nitrogens is 2. The molecular weight excluding hydrogens is 328 g/mol. The highest BCUT2D eigenvalue weighted by atomic mass is 16.5. The molecule has 1 aliphatic heterocycles. The Bertz CT molecular complexity index is 727. The Labute approximate surface area is 154 Å². The molecule has 1 N–H and O–H groups in total. The van der Waals surface area contributed by atoms with Crippen LogP contribution in [0.1, 0.15) is 12.8 Å². The van der Waals surface area contributed by atoms with Crippen LogP contribution in [0.2, 0.25) is 0 Å². The van der Waals surface area contributed by atoms with Gasteiger partial charge in [0, 0.05) is 32.6 Å². The maximum absolute atomic E-state index is 5.82. The van der Waals surface area contributed by atoms with Crippen LogP contribution in [-0.4, -0.2) is 49.4 Å². The van der Waals surface area contributed by atoms with Gasteiger partial charge in [0.25, 0.3) is 0 Å². The molecule has 1 saturated heterocycles. The third kappa shape index (κ3) is 3.33. The molecule has 2 fully saturated rings. The molecule has 0 amide bonds. The lowest BCUT2D eigenvalue weighted by Gasteiger charge is -2.37. The van der Waals surface area contributed by atoms with Crippen molar-refractivity contribution in [1.82, 2.24) is 9.97 Å². The number of fused-ring (bicyclic) bond motifs is 1. The van der Waals surface area contributed by atoms with Crippen molar-refractivity contribution in [2.45, 2.75) is 25.0 Å². The van der Waals surface area contributed by atoms with Crippen molar-refractivity contribution in [2.24, 2.45) is 11.8 Å². The molecule has 2 aromatic rings. The van der Waals surface area contributed by atoms with Crippen LogP contribution in [0.3, 0.4) is 0 Å². The summed E-state index contributed by atoms with van der Waals surface area (Å²) >= 11 is 0. The van der Waals surface area contributed by atoms with Crippen molar-refractivity contribution in [1.29, 1.82) is 0 Å². The van der Waals surface area contributed by atoms with E-state index < -0.39 is 0 Å². The van der Waals surface area contributed by atoms with Crippen LogP contribution in [-0.2, 0) is 4.74 Å². The van der Waals surface area contributed by atoms with Gasteiger partial charge in [-0.2, -0.15) is 0 Å². The monoisotopic (exact) mass is 354 g/mol. The van der Waals surface area contributed by atoms with Gasteiger partial charge in [-0.05, 0) is 48.9 Å². The number of hydrogen-bond donors (Lipinski definition) is 1. The summed E-state index contributed by atoms with van der Waals surface area (Å²) in [7, 11) is 3.52. The molecule has 3 heterocycles. The first-order valence-corrected chi connectivity index (χ1v) is 9.22. The van der Waals surface area contributed by atoms with Gasteiger partial charge in [0.05, 0.1) is 19.3 Å². The molecule has 0 bridgehead atoms. The van der Waals surface area contributed by atoms with Crippen LogP contribution in [0.5, 0.6) is 5.75 Å². The molecule has 1 saturated carbocycles. The second-order valence-corrected chi connectivity index (χ2v) is 7.17. The Morgan fingerprint density at radius 2 is 1.81 bits per heavy atom. The van der Waals surface area contributed by atoms with Crippen molar-refractivity contribution >= 4 is 11.6 Å². The smallest absolute Gasteiger partial charge is 0.171 e. The molecule has 1 aliphatic carbocycles. The molecule has 0 aromatic carbocycles. The van der Waals surface area contributed by atoms with E-state index in [1.165, 1.54) is 0 Å². The van der Waals surface area contributed by atoms with Gasteiger partial charge in [-0.25, -0.2) is 9.97 Å². The minimum Gasteiger partial charge on any atom is -0.493 e. The predicted molar refractivity (Wildman–Crippen MR) is 102 cm³/mol. The van der Waals surface area contributed by atoms with Crippen LogP contribution in [0.15, 0.2) is 42.7 Å². The third-order valence-electron chi connectivity index (χ3n) is 5.69. The number of hydrogen-bond acceptors (Lipinski definition) is 6. The van der Waals surface area contributed by atoms with Crippen LogP contribution in [0.4, 0.5) is 11.6 Å². The Morgan fingerprint density at radius 1 is 1.00 bits per heavy atom. The highest BCUT2D eigenvalue weighted by molar-refractivity contribution is 5.53. The highest BCUT2D eigenvalue weighted by Crippen LogP contribution is 2.41. The van der Waals surface area contributed by atoms with Crippen molar-refractivity contribution in [2.75, 3.05) is 37.5 Å². The standard InChI is InChI=1S/C20H26N4O2/c1-25-17-6-5-9-22-20(17)24-12-14-10-16(18(26-2)11-15(14)13-24)23-19-7-3-4-8-21-19/h3-9,14-16,18H,10-13H2,1-2H3,(H,21,23)/t14-,15+,16-,18-/m1/s1. The summed E-state index contributed by atoms with van der Waals surface area (Å²) in [4.78, 5) is 11.3. The van der Waals surface area contributed by atoms with Crippen molar-refractivity contribution in [3.63, 3.8) is 0 Å². The first-order chi connectivity index (χ1) is 12.8. The average molecular weight is 354 g/mol. The molecule has 0 spiro atoms. The predicted octanol–water partition coefficient (Wildman–Crippen LogP) is 2.83. The summed E-state index contributed by atoms with van der Waals surface area (Å²) in [5.41, 5.74) is 0. The van der Waals surface area contributed by atoms with Crippen LogP contribution < -0.4 is 15.0 Å². The summed E-state index contributed by atoms with van der Waals surface area (Å²) in [6, 6.07) is 10.1. The van der Waals surface area contributed by atoms with E-state index >= 15 is 0 Å². The lowest BCUT2D eigenvalue weighted by molar-refractivity contribution is 0.0305. The molecule has 6 heteroatoms. The Balaban J connectivity index is 1.49. The fraction of sp³-hybridized carbons (Fsp3) is 0.500. The topological polar surface area (TPSA) is 59.5 Å². The number of anilines is 2. The Morgan fingerprint density at radius 3 is 2.54 bits per heavy atom. The maximum atomic E-state index is 5.82. The van der Waals surface area contributed by atoms with E-state index in [9.17, 15) is 0 Å². The molecule has 4 atom stereocenters. The second kappa shape index (κ2) is 7.50. The van der Waals surface area contributed by atoms with Gasteiger partial charge in [0.1, 0.15) is 5.82 Å². The zero-order chi connectivity index (χ0) is 17.9. The van der Waals surface area contributed by atoms with Crippen LogP contribution in [0, 0.1) is 11.8 Å². The minimum absolute atomic E-state index is 0.198. The summed E-state index contributed by atoms with van der Waals surface area (Å²) in [5, 5.41) is 3.58. The van der Waals surface area contributed by atoms with Crippen LogP contribution in [0.25, 0.3) is 0 Å². The average Bonchev–Trinajstić information content (AvgIpc) is 3.10. The van der Waals surface area contributed by atoms with Gasteiger partial charge in [0.15, 0.2) is 11.6 Å². The van der Waals surface area contributed by atoms with Crippen molar-refractivity contribution in [3.05, 3.63) is 42.7 Å². The van der Waals surface area contributed by atoms with Crippen molar-refractivity contribution in [3.8, 4) is 5.75 Å². The number of nitrogens with zero attached hydrogens (tertiary/aromatic N) is 3. The molecule has 2 aliphatic rings. The number of rotatable bonds is 5. The lowest BCUT2D eigenvalue weighted by atomic mass is 9.77. The largest absolute Gasteiger partial charge is 0.493 e. The number of ether oxygens (including phenoxy) is 2. The second-order valence-electron chi connectivity index (χ2n) is 7.17. The Hall–Kier alpha value is -2.34. The minimum atomic E-state index is 0.198. The van der Waals surface area contributed by atoms with E-state index in [1.807, 2.05) is 49.8 Å². The SMILES string of the molecule is COc1cccnc1N1C[C@H]2C[C@@H](Nc3ccccn3)[C@H](OC)C[C@H]2C1. The van der Waals surface area contributed by atoms with Gasteiger partial charge in [-0.3, -0.25) is 0 Å². The summed E-state index contributed by atoms with van der Waals surface area (Å²) in [6.07, 6.45) is 5.98. The molecule has 4 rings (SSSR count). The summed E-state index contributed by atoms with van der Waals surface area (Å²) in [5.74, 6) is 3.95. The fourth-order valence-corrected chi connectivity index (χ4v) is 4.42. The van der Waals surface area contributed by atoms with Gasteiger partial charge < -0.3 is 19.7 Å². The van der Waals surface area contributed by atoms with Gasteiger partial charge in [-0.15, -0.1) is 0 Å². The van der Waals surface area contributed by atoms with E-state index in [0.717, 1.165) is 43.3 Å². The molecular formula is C20H26N4O2. The number of methoxy groups -OCH3 is 2. The molecule has 2 aromatic heterocycles. The van der Waals surface area contributed by atoms with Crippen LogP contribution >= 0.6 is 0 Å². The molecule has 26 heavy (non-hydrogen) atoms. The summed E-state index contributed by atoms with van der Waals surface area (Å²) in [6.45, 7) is 2.02. The first kappa shape index (κ1) is 17.1. The van der Waals surface area contributed by atoms with E-state index in [1.54, 1.807) is 7.11 Å². The van der Waals surface area contributed by atoms with Crippen molar-refractivity contribution < 1.29 is 9.47 Å². The third-order valence-corrected chi connectivity index (χ3v) is 5.69. The zero-order valence-electron chi connectivity index (χ0n) is 15.3. The van der Waals surface area contributed by atoms with E-state index in [0.29, 0.717) is 11.8 Å². The van der Waals surface area contributed by atoms with Gasteiger partial charge in [-0.1, -0.05) is 6.07 Å². The first-order valence-electron chi connectivity index (χ1n) is 9.22. The van der Waals surface area contributed by atoms with Gasteiger partial charge >= 0.3 is 0 Å². The summed E-state index contributed by atoms with van der Waals surface area (Å²) < 4.78 is 11.3. The quantitative estimate of drug-likeness (QED) is 0.891. The molecule has 138 valence electrons. The number of nitrogens with one attached hydrogen (secondary N) is 1. The van der Waals surface area contributed by atoms with E-state index in [2.05, 4.69) is 20.2 Å². The van der Waals surface area contributed by atoms with E-state index in [-0.39, 0.29) is 12.1 Å². The molecule has 0 radical (unpaired) electrons. The number of pyridine rings is 2. The van der Waals surface area contributed by atoms with E-state index in [4.69, 9.17) is 9.47 Å². The Kier molecular flexibility index (Phi) is 4.93. The lowest BCUT2D eigenvalue weighted by Crippen LogP contribution is -2.44. The van der Waals surface area contributed by atoms with Gasteiger partial charge in [0.2, 0.25) is 0 Å². The normalized spacial score (nSPS) is 27.8. The highest BCUT2D eigenvalue weighted by Gasteiger charge is 2.43. The maximum Gasteiger partial charge on any atom is 0.171 e. The zero-order valence-corrected chi connectivity index (χ0v) is 15.3. The molecule has 6 nitrogen and oxygen atoms in total. The fourth-order valence-electron chi connectivity index (χ4n) is 4.42. The molecule has 0 unspecified atom stereocenters.